The van der Waals surface area contributed by atoms with Gasteiger partial charge >= 0.3 is 7.60 Å². The van der Waals surface area contributed by atoms with Gasteiger partial charge in [0.2, 0.25) is 0 Å². The highest BCUT2D eigenvalue weighted by Crippen LogP contribution is 2.50. The van der Waals surface area contributed by atoms with Crippen LogP contribution in [0, 0.1) is 0 Å². The fourth-order valence-electron chi connectivity index (χ4n) is 2.16. The van der Waals surface area contributed by atoms with Crippen molar-refractivity contribution in [1.29, 1.82) is 0 Å². The van der Waals surface area contributed by atoms with Gasteiger partial charge in [0.05, 0.1) is 13.2 Å². The Morgan fingerprint density at radius 1 is 1.29 bits per heavy atom. The van der Waals surface area contributed by atoms with Crippen molar-refractivity contribution in [2.45, 2.75) is 20.3 Å². The molecular formula is C14H19N2O4P. The molecule has 2 N–H and O–H groups in total. The van der Waals surface area contributed by atoms with Gasteiger partial charge in [0.15, 0.2) is 5.45 Å². The van der Waals surface area contributed by atoms with E-state index in [4.69, 9.17) is 9.05 Å². The van der Waals surface area contributed by atoms with E-state index in [2.05, 4.69) is 10.1 Å². The maximum absolute atomic E-state index is 12.7. The summed E-state index contributed by atoms with van der Waals surface area (Å²) in [4.78, 5) is 3.13. The van der Waals surface area contributed by atoms with Gasteiger partial charge in [-0.05, 0) is 25.5 Å². The Kier molecular flexibility index (Phi) is 5.17. The summed E-state index contributed by atoms with van der Waals surface area (Å²) in [5, 5.41) is 13.4. The lowest BCUT2D eigenvalue weighted by molar-refractivity contribution is 0.230. The predicted molar refractivity (Wildman–Crippen MR) is 82.1 cm³/mol. The molecule has 0 aliphatic rings. The van der Waals surface area contributed by atoms with Crippen LogP contribution in [-0.4, -0.2) is 28.9 Å². The molecule has 1 aromatic carbocycles. The Morgan fingerprint density at radius 2 is 1.95 bits per heavy atom. The zero-order chi connectivity index (χ0) is 15.3. The van der Waals surface area contributed by atoms with E-state index in [1.807, 2.05) is 24.3 Å². The normalized spacial score (nSPS) is 13.0. The maximum Gasteiger partial charge on any atom is 0.379 e. The lowest BCUT2D eigenvalue weighted by Crippen LogP contribution is -2.10. The van der Waals surface area contributed by atoms with E-state index in [9.17, 15) is 9.77 Å². The van der Waals surface area contributed by atoms with Crippen LogP contribution in [0.5, 0.6) is 0 Å². The number of oxime groups is 1. The van der Waals surface area contributed by atoms with Gasteiger partial charge in [-0.1, -0.05) is 23.4 Å². The fourth-order valence-corrected chi connectivity index (χ4v) is 3.69. The maximum atomic E-state index is 12.7. The number of aromatic nitrogens is 1. The van der Waals surface area contributed by atoms with Gasteiger partial charge in [-0.15, -0.1) is 0 Å². The van der Waals surface area contributed by atoms with Gasteiger partial charge in [0.1, 0.15) is 0 Å². The third-order valence-electron chi connectivity index (χ3n) is 3.05. The molecule has 0 unspecified atom stereocenters. The Bertz CT molecular complexity index is 670. The van der Waals surface area contributed by atoms with Crippen molar-refractivity contribution in [2.24, 2.45) is 5.16 Å². The standard InChI is InChI=1S/C14H19N2O4P/c1-3-19-21(18,20-4-2)14(16-17)9-11-10-15-13-8-6-5-7-12(11)13/h5-8,10,15,17H,3-4,9H2,1-2H3/b16-14+. The van der Waals surface area contributed by atoms with Crippen LogP contribution >= 0.6 is 7.60 Å². The minimum atomic E-state index is -3.56. The molecule has 2 aromatic rings. The number of H-pyrrole nitrogens is 1. The number of aromatic amines is 1. The molecule has 1 heterocycles. The summed E-state index contributed by atoms with van der Waals surface area (Å²) in [6, 6.07) is 7.73. The van der Waals surface area contributed by atoms with Crippen molar-refractivity contribution in [3.05, 3.63) is 36.0 Å². The molecule has 114 valence electrons. The molecular weight excluding hydrogens is 291 g/mol. The largest absolute Gasteiger partial charge is 0.410 e. The molecule has 0 fully saturated rings. The molecule has 1 aromatic heterocycles. The van der Waals surface area contributed by atoms with Crippen molar-refractivity contribution in [3.63, 3.8) is 0 Å². The number of hydrogen-bond donors (Lipinski definition) is 2. The molecule has 2 rings (SSSR count). The molecule has 0 atom stereocenters. The van der Waals surface area contributed by atoms with Crippen LogP contribution in [0.1, 0.15) is 19.4 Å². The van der Waals surface area contributed by atoms with Gasteiger partial charge in [-0.3, -0.25) is 4.57 Å². The van der Waals surface area contributed by atoms with Gasteiger partial charge in [0.25, 0.3) is 0 Å². The summed E-state index contributed by atoms with van der Waals surface area (Å²) in [6.45, 7) is 3.85. The smallest absolute Gasteiger partial charge is 0.379 e. The second kappa shape index (κ2) is 6.89. The number of benzene rings is 1. The fraction of sp³-hybridized carbons (Fsp3) is 0.357. The van der Waals surface area contributed by atoms with E-state index >= 15 is 0 Å². The average molecular weight is 310 g/mol. The summed E-state index contributed by atoms with van der Waals surface area (Å²) in [6.07, 6.45) is 2.00. The molecule has 21 heavy (non-hydrogen) atoms. The van der Waals surface area contributed by atoms with E-state index in [-0.39, 0.29) is 25.1 Å². The Labute approximate surface area is 123 Å². The molecule has 0 spiro atoms. The summed E-state index contributed by atoms with van der Waals surface area (Å²) < 4.78 is 23.1. The number of hydrogen-bond acceptors (Lipinski definition) is 5. The van der Waals surface area contributed by atoms with Gasteiger partial charge < -0.3 is 19.2 Å². The number of fused-ring (bicyclic) bond motifs is 1. The van der Waals surface area contributed by atoms with Crippen LogP contribution in [0.4, 0.5) is 0 Å². The third kappa shape index (κ3) is 3.35. The highest BCUT2D eigenvalue weighted by atomic mass is 31.2. The third-order valence-corrected chi connectivity index (χ3v) is 5.13. The number of nitrogens with zero attached hydrogens (tertiary/aromatic N) is 1. The first-order valence-electron chi connectivity index (χ1n) is 6.80. The zero-order valence-electron chi connectivity index (χ0n) is 12.1. The van der Waals surface area contributed by atoms with Crippen LogP contribution in [0.2, 0.25) is 0 Å². The van der Waals surface area contributed by atoms with Gasteiger partial charge in [-0.2, -0.15) is 0 Å². The van der Waals surface area contributed by atoms with E-state index in [0.29, 0.717) is 0 Å². The first-order chi connectivity index (χ1) is 10.1. The Hall–Kier alpha value is -1.62. The lowest BCUT2D eigenvalue weighted by Gasteiger charge is -2.17. The van der Waals surface area contributed by atoms with Crippen LogP contribution in [0.25, 0.3) is 10.9 Å². The topological polar surface area (TPSA) is 83.9 Å². The molecule has 0 aliphatic heterocycles. The molecule has 0 aliphatic carbocycles. The second-order valence-corrected chi connectivity index (χ2v) is 6.41. The Morgan fingerprint density at radius 3 is 2.57 bits per heavy atom. The molecule has 0 saturated heterocycles. The molecule has 0 radical (unpaired) electrons. The number of para-hydroxylation sites is 1. The SMILES string of the molecule is CCOP(=O)(OCC)/C(Cc1c[nH]c2ccccc12)=N/O. The molecule has 7 heteroatoms. The van der Waals surface area contributed by atoms with E-state index in [0.717, 1.165) is 16.5 Å². The first-order valence-corrected chi connectivity index (χ1v) is 8.34. The van der Waals surface area contributed by atoms with E-state index < -0.39 is 7.60 Å². The molecule has 0 saturated carbocycles. The van der Waals surface area contributed by atoms with E-state index in [1.54, 1.807) is 20.0 Å². The highest BCUT2D eigenvalue weighted by Gasteiger charge is 2.32. The summed E-state index contributed by atoms with van der Waals surface area (Å²) >= 11 is 0. The summed E-state index contributed by atoms with van der Waals surface area (Å²) in [7, 11) is -3.56. The highest BCUT2D eigenvalue weighted by molar-refractivity contribution is 7.72. The Balaban J connectivity index is 2.32. The van der Waals surface area contributed by atoms with Crippen molar-refractivity contribution >= 4 is 24.0 Å². The monoisotopic (exact) mass is 310 g/mol. The quantitative estimate of drug-likeness (QED) is 0.353. The van der Waals surface area contributed by atoms with Gasteiger partial charge in [-0.25, -0.2) is 0 Å². The van der Waals surface area contributed by atoms with Crippen LogP contribution < -0.4 is 0 Å². The zero-order valence-corrected chi connectivity index (χ0v) is 13.0. The van der Waals surface area contributed by atoms with Crippen LogP contribution in [0.3, 0.4) is 0 Å². The summed E-state index contributed by atoms with van der Waals surface area (Å²) in [5.41, 5.74) is 1.85. The predicted octanol–water partition coefficient (Wildman–Crippen LogP) is 3.76. The molecule has 0 amide bonds. The van der Waals surface area contributed by atoms with E-state index in [1.165, 1.54) is 0 Å². The second-order valence-electron chi connectivity index (χ2n) is 4.39. The first kappa shape index (κ1) is 15.8. The summed E-state index contributed by atoms with van der Waals surface area (Å²) in [5.74, 6) is 0. The average Bonchev–Trinajstić information content (AvgIpc) is 2.88. The number of nitrogens with one attached hydrogen (secondary N) is 1. The van der Waals surface area contributed by atoms with Crippen LogP contribution in [-0.2, 0) is 20.0 Å². The molecule has 0 bridgehead atoms. The van der Waals surface area contributed by atoms with Gasteiger partial charge in [0, 0.05) is 23.5 Å². The minimum Gasteiger partial charge on any atom is -0.410 e. The van der Waals surface area contributed by atoms with Crippen molar-refractivity contribution in [1.82, 2.24) is 4.98 Å². The van der Waals surface area contributed by atoms with Crippen LogP contribution in [0.15, 0.2) is 35.6 Å². The number of rotatable bonds is 7. The van der Waals surface area contributed by atoms with Crippen molar-refractivity contribution in [3.8, 4) is 0 Å². The minimum absolute atomic E-state index is 0.0101. The van der Waals surface area contributed by atoms with Crippen molar-refractivity contribution < 1.29 is 18.8 Å². The molecule has 6 nitrogen and oxygen atoms in total. The lowest BCUT2D eigenvalue weighted by atomic mass is 10.1. The van der Waals surface area contributed by atoms with Crippen molar-refractivity contribution in [2.75, 3.05) is 13.2 Å².